The van der Waals surface area contributed by atoms with Crippen LogP contribution in [0.3, 0.4) is 0 Å². The maximum atomic E-state index is 14.1. The van der Waals surface area contributed by atoms with Gasteiger partial charge in [0.1, 0.15) is 5.82 Å². The number of hydrogen-bond acceptors (Lipinski definition) is 2. The Balaban J connectivity index is 2.57. The van der Waals surface area contributed by atoms with Crippen LogP contribution in [0.25, 0.3) is 0 Å². The Morgan fingerprint density at radius 3 is 2.38 bits per heavy atom. The highest BCUT2D eigenvalue weighted by Crippen LogP contribution is 2.30. The second-order valence-electron chi connectivity index (χ2n) is 7.74. The minimum Gasteiger partial charge on any atom is -0.385 e. The standard InChI is InChI=1S/C20H25F4N3O2/c1-19(2,3)16-12-17(27(26(16)4)9-6-10-29-5)25-18(28)14-11-13(20(22,23)24)7-8-15(14)21/h7-8,11-12H,6,9-10H2,1-5H3/b25-17+. The quantitative estimate of drug-likeness (QED) is 0.546. The predicted octanol–water partition coefficient (Wildman–Crippen LogP) is 4.06. The average Bonchev–Trinajstić information content (AvgIpc) is 2.90. The third kappa shape index (κ3) is 5.35. The summed E-state index contributed by atoms with van der Waals surface area (Å²) in [5, 5.41) is 0. The van der Waals surface area contributed by atoms with Crippen molar-refractivity contribution in [1.82, 2.24) is 9.36 Å². The highest BCUT2D eigenvalue weighted by molar-refractivity contribution is 5.95. The molecule has 2 aromatic rings. The van der Waals surface area contributed by atoms with Gasteiger partial charge >= 0.3 is 6.18 Å². The molecule has 0 atom stereocenters. The summed E-state index contributed by atoms with van der Waals surface area (Å²) in [5.41, 5.74) is -0.977. The fourth-order valence-electron chi connectivity index (χ4n) is 3.02. The smallest absolute Gasteiger partial charge is 0.385 e. The molecule has 0 saturated carbocycles. The zero-order chi connectivity index (χ0) is 22.0. The maximum absolute atomic E-state index is 14.1. The van der Waals surface area contributed by atoms with Crippen molar-refractivity contribution in [2.24, 2.45) is 12.0 Å². The number of rotatable bonds is 5. The molecular weight excluding hydrogens is 390 g/mol. The Kier molecular flexibility index (Phi) is 6.72. The number of hydrogen-bond donors (Lipinski definition) is 0. The average molecular weight is 415 g/mol. The number of carbonyl (C=O) groups excluding carboxylic acids is 1. The summed E-state index contributed by atoms with van der Waals surface area (Å²) >= 11 is 0. The molecule has 1 heterocycles. The number of carbonyl (C=O) groups is 1. The first-order valence-corrected chi connectivity index (χ1v) is 9.08. The highest BCUT2D eigenvalue weighted by Gasteiger charge is 2.32. The maximum Gasteiger partial charge on any atom is 0.416 e. The van der Waals surface area contributed by atoms with E-state index in [1.54, 1.807) is 17.9 Å². The van der Waals surface area contributed by atoms with Gasteiger partial charge in [0, 0.05) is 44.5 Å². The van der Waals surface area contributed by atoms with Crippen LogP contribution in [0.2, 0.25) is 0 Å². The third-order valence-electron chi connectivity index (χ3n) is 4.47. The number of halogens is 4. The van der Waals surface area contributed by atoms with E-state index in [4.69, 9.17) is 4.74 Å². The molecule has 0 N–H and O–H groups in total. The normalized spacial score (nSPS) is 13.2. The topological polar surface area (TPSA) is 48.5 Å². The van der Waals surface area contributed by atoms with Crippen molar-refractivity contribution < 1.29 is 27.1 Å². The summed E-state index contributed by atoms with van der Waals surface area (Å²) in [6.45, 7) is 6.91. The van der Waals surface area contributed by atoms with Gasteiger partial charge in [-0.2, -0.15) is 18.2 Å². The zero-order valence-electron chi connectivity index (χ0n) is 17.1. The van der Waals surface area contributed by atoms with Gasteiger partial charge in [-0.1, -0.05) is 20.8 Å². The lowest BCUT2D eigenvalue weighted by Crippen LogP contribution is -2.26. The van der Waals surface area contributed by atoms with Gasteiger partial charge in [-0.25, -0.2) is 4.39 Å². The van der Waals surface area contributed by atoms with Crippen LogP contribution in [0.5, 0.6) is 0 Å². The lowest BCUT2D eigenvalue weighted by Gasteiger charge is -2.20. The van der Waals surface area contributed by atoms with E-state index in [1.807, 2.05) is 32.5 Å². The molecule has 0 aliphatic carbocycles. The van der Waals surface area contributed by atoms with Gasteiger partial charge < -0.3 is 4.74 Å². The molecule has 5 nitrogen and oxygen atoms in total. The van der Waals surface area contributed by atoms with E-state index < -0.39 is 29.0 Å². The Morgan fingerprint density at radius 1 is 1.17 bits per heavy atom. The molecule has 1 aromatic carbocycles. The van der Waals surface area contributed by atoms with Crippen LogP contribution in [-0.2, 0) is 29.9 Å². The van der Waals surface area contributed by atoms with Crippen molar-refractivity contribution in [3.8, 4) is 0 Å². The van der Waals surface area contributed by atoms with Crippen molar-refractivity contribution in [1.29, 1.82) is 0 Å². The van der Waals surface area contributed by atoms with E-state index >= 15 is 0 Å². The van der Waals surface area contributed by atoms with Crippen LogP contribution >= 0.6 is 0 Å². The van der Waals surface area contributed by atoms with Crippen LogP contribution in [0.4, 0.5) is 17.6 Å². The molecular formula is C20H25F4N3O2. The molecule has 0 unspecified atom stereocenters. The number of amides is 1. The second kappa shape index (κ2) is 8.52. The molecule has 29 heavy (non-hydrogen) atoms. The summed E-state index contributed by atoms with van der Waals surface area (Å²) in [7, 11) is 3.38. The van der Waals surface area contributed by atoms with E-state index in [-0.39, 0.29) is 10.9 Å². The van der Waals surface area contributed by atoms with E-state index in [0.717, 1.165) is 5.69 Å². The van der Waals surface area contributed by atoms with Crippen molar-refractivity contribution >= 4 is 5.91 Å². The van der Waals surface area contributed by atoms with Crippen LogP contribution in [0, 0.1) is 5.82 Å². The molecule has 0 saturated heterocycles. The SMILES string of the molecule is COCCCn1/c(=N/C(=O)c2cc(C(F)(F)F)ccc2F)cc(C(C)(C)C)n1C. The Bertz CT molecular complexity index is 950. The summed E-state index contributed by atoms with van der Waals surface area (Å²) < 4.78 is 61.5. The number of aromatic nitrogens is 2. The molecule has 0 radical (unpaired) electrons. The van der Waals surface area contributed by atoms with E-state index in [2.05, 4.69) is 4.99 Å². The molecule has 0 bridgehead atoms. The van der Waals surface area contributed by atoms with Crippen LogP contribution in [0.15, 0.2) is 29.3 Å². The van der Waals surface area contributed by atoms with Gasteiger partial charge in [-0.15, -0.1) is 0 Å². The van der Waals surface area contributed by atoms with Gasteiger partial charge in [0.15, 0.2) is 5.49 Å². The van der Waals surface area contributed by atoms with Gasteiger partial charge in [-0.3, -0.25) is 14.2 Å². The zero-order valence-corrected chi connectivity index (χ0v) is 17.1. The molecule has 9 heteroatoms. The molecule has 1 aromatic heterocycles. The lowest BCUT2D eigenvalue weighted by atomic mass is 9.92. The van der Waals surface area contributed by atoms with E-state index in [1.165, 1.54) is 0 Å². The number of benzene rings is 1. The monoisotopic (exact) mass is 415 g/mol. The number of methoxy groups -OCH3 is 1. The van der Waals surface area contributed by atoms with Crippen LogP contribution in [0.1, 0.15) is 48.8 Å². The van der Waals surface area contributed by atoms with Gasteiger partial charge in [-0.05, 0) is 24.6 Å². The summed E-state index contributed by atoms with van der Waals surface area (Å²) in [6, 6.07) is 3.40. The van der Waals surface area contributed by atoms with E-state index in [0.29, 0.717) is 37.8 Å². The van der Waals surface area contributed by atoms with Gasteiger partial charge in [0.2, 0.25) is 0 Å². The van der Waals surface area contributed by atoms with Gasteiger partial charge in [0.25, 0.3) is 5.91 Å². The fourth-order valence-corrected chi connectivity index (χ4v) is 3.02. The number of alkyl halides is 3. The van der Waals surface area contributed by atoms with Crippen LogP contribution in [-0.4, -0.2) is 29.0 Å². The molecule has 160 valence electrons. The van der Waals surface area contributed by atoms with Crippen molar-refractivity contribution in [2.45, 2.75) is 45.3 Å². The lowest BCUT2D eigenvalue weighted by molar-refractivity contribution is -0.137. The summed E-state index contributed by atoms with van der Waals surface area (Å²) in [4.78, 5) is 16.5. The van der Waals surface area contributed by atoms with Crippen LogP contribution < -0.4 is 5.49 Å². The van der Waals surface area contributed by atoms with Crippen molar-refractivity contribution in [3.05, 3.63) is 52.4 Å². The minimum absolute atomic E-state index is 0.246. The third-order valence-corrected chi connectivity index (χ3v) is 4.47. The first-order chi connectivity index (χ1) is 13.4. The predicted molar refractivity (Wildman–Crippen MR) is 99.9 cm³/mol. The first-order valence-electron chi connectivity index (χ1n) is 9.08. The Labute approximate surface area is 166 Å². The first kappa shape index (κ1) is 22.9. The highest BCUT2D eigenvalue weighted by atomic mass is 19.4. The largest absolute Gasteiger partial charge is 0.416 e. The number of nitrogens with zero attached hydrogens (tertiary/aromatic N) is 3. The summed E-state index contributed by atoms with van der Waals surface area (Å²) in [5.74, 6) is -2.12. The molecule has 0 fully saturated rings. The van der Waals surface area contributed by atoms with E-state index in [9.17, 15) is 22.4 Å². The molecule has 0 spiro atoms. The molecule has 0 aliphatic rings. The molecule has 0 aliphatic heterocycles. The Morgan fingerprint density at radius 2 is 1.83 bits per heavy atom. The second-order valence-corrected chi connectivity index (χ2v) is 7.74. The molecule has 1 amide bonds. The fraction of sp³-hybridized carbons (Fsp3) is 0.500. The minimum atomic E-state index is -4.69. The summed E-state index contributed by atoms with van der Waals surface area (Å²) in [6.07, 6.45) is -4.05. The molecule has 2 rings (SSSR count). The van der Waals surface area contributed by atoms with Crippen molar-refractivity contribution in [2.75, 3.05) is 13.7 Å². The Hall–Kier alpha value is -2.42. The van der Waals surface area contributed by atoms with Crippen molar-refractivity contribution in [3.63, 3.8) is 0 Å². The van der Waals surface area contributed by atoms with Gasteiger partial charge in [0.05, 0.1) is 11.1 Å². The number of ether oxygens (including phenoxy) is 1.